The van der Waals surface area contributed by atoms with Crippen LogP contribution in [0.15, 0.2) is 21.9 Å². The van der Waals surface area contributed by atoms with Crippen molar-refractivity contribution in [3.63, 3.8) is 0 Å². The first-order valence-corrected chi connectivity index (χ1v) is 8.26. The summed E-state index contributed by atoms with van der Waals surface area (Å²) in [5.41, 5.74) is -1.33. The van der Waals surface area contributed by atoms with Gasteiger partial charge < -0.3 is 19.6 Å². The number of rotatable bonds is 4. The van der Waals surface area contributed by atoms with Crippen molar-refractivity contribution in [3.05, 3.63) is 33.1 Å². The fourth-order valence-corrected chi connectivity index (χ4v) is 3.02. The standard InChI is InChI=1S/C10H14ClN2O7P/c11-7-8(15)5(2-4-21(17,18)19)20-9(7)13-3-1-6(14)12-10(13)16/h1,3,5,7-9,15H,2,4H2,(H,12,14,16)(H2,17,18,19)/t5-,7-,8-,9-/m1/s1. The number of aliphatic hydroxyl groups excluding tert-OH is 1. The lowest BCUT2D eigenvalue weighted by Gasteiger charge is -2.16. The Labute approximate surface area is 123 Å². The molecule has 9 nitrogen and oxygen atoms in total. The molecular formula is C10H14ClN2O7P. The van der Waals surface area contributed by atoms with Crippen LogP contribution >= 0.6 is 19.2 Å². The first kappa shape index (κ1) is 16.4. The largest absolute Gasteiger partial charge is 0.389 e. The quantitative estimate of drug-likeness (QED) is 0.405. The van der Waals surface area contributed by atoms with Crippen LogP contribution in [0.25, 0.3) is 0 Å². The Bertz CT molecular complexity index is 668. The van der Waals surface area contributed by atoms with Gasteiger partial charge in [-0.3, -0.25) is 18.9 Å². The Hall–Kier alpha value is -0.960. The Balaban J connectivity index is 2.18. The summed E-state index contributed by atoms with van der Waals surface area (Å²) >= 11 is 6.00. The van der Waals surface area contributed by atoms with Crippen molar-refractivity contribution in [1.82, 2.24) is 9.55 Å². The average molecular weight is 341 g/mol. The Morgan fingerprint density at radius 2 is 2.10 bits per heavy atom. The van der Waals surface area contributed by atoms with Crippen molar-refractivity contribution in [1.29, 1.82) is 0 Å². The van der Waals surface area contributed by atoms with E-state index in [9.17, 15) is 19.3 Å². The van der Waals surface area contributed by atoms with Crippen LogP contribution in [-0.4, -0.2) is 48.2 Å². The van der Waals surface area contributed by atoms with Crippen LogP contribution in [0.2, 0.25) is 0 Å². The summed E-state index contributed by atoms with van der Waals surface area (Å²) in [4.78, 5) is 42.4. The third kappa shape index (κ3) is 3.82. The van der Waals surface area contributed by atoms with Gasteiger partial charge in [-0.15, -0.1) is 11.6 Å². The van der Waals surface area contributed by atoms with E-state index in [4.69, 9.17) is 26.1 Å². The molecule has 0 amide bonds. The number of hydrogen-bond acceptors (Lipinski definition) is 5. The zero-order chi connectivity index (χ0) is 15.8. The van der Waals surface area contributed by atoms with Gasteiger partial charge in [0.15, 0.2) is 6.23 Å². The van der Waals surface area contributed by atoms with Gasteiger partial charge in [-0.2, -0.15) is 0 Å². The summed E-state index contributed by atoms with van der Waals surface area (Å²) < 4.78 is 17.3. The topological polar surface area (TPSA) is 142 Å². The summed E-state index contributed by atoms with van der Waals surface area (Å²) in [7, 11) is -4.22. The maximum atomic E-state index is 11.7. The molecule has 0 unspecified atom stereocenters. The number of aliphatic hydroxyl groups is 1. The molecule has 11 heteroatoms. The summed E-state index contributed by atoms with van der Waals surface area (Å²) in [5.74, 6) is 0. The van der Waals surface area contributed by atoms with Gasteiger partial charge in [-0.1, -0.05) is 0 Å². The molecule has 0 bridgehead atoms. The first-order valence-electron chi connectivity index (χ1n) is 6.03. The minimum absolute atomic E-state index is 0.108. The minimum atomic E-state index is -4.22. The van der Waals surface area contributed by atoms with Gasteiger partial charge in [-0.05, 0) is 6.42 Å². The van der Waals surface area contributed by atoms with E-state index < -0.39 is 48.8 Å². The molecule has 2 rings (SSSR count). The molecule has 118 valence electrons. The molecule has 0 aromatic carbocycles. The summed E-state index contributed by atoms with van der Waals surface area (Å²) in [5, 5.41) is 8.94. The maximum absolute atomic E-state index is 11.7. The second-order valence-electron chi connectivity index (χ2n) is 4.69. The fraction of sp³-hybridized carbons (Fsp3) is 0.600. The summed E-state index contributed by atoms with van der Waals surface area (Å²) in [6.45, 7) is 0. The highest BCUT2D eigenvalue weighted by Gasteiger charge is 2.44. The normalized spacial score (nSPS) is 29.7. The van der Waals surface area contributed by atoms with Crippen LogP contribution in [0, 0.1) is 0 Å². The Morgan fingerprint density at radius 1 is 1.43 bits per heavy atom. The van der Waals surface area contributed by atoms with E-state index in [1.165, 1.54) is 6.20 Å². The van der Waals surface area contributed by atoms with Gasteiger partial charge in [0, 0.05) is 12.3 Å². The number of ether oxygens (including phenoxy) is 1. The molecule has 1 fully saturated rings. The monoisotopic (exact) mass is 340 g/mol. The van der Waals surface area contributed by atoms with E-state index in [0.29, 0.717) is 0 Å². The number of aromatic amines is 1. The number of alkyl halides is 1. The molecule has 0 spiro atoms. The number of nitrogens with one attached hydrogen (secondary N) is 1. The van der Waals surface area contributed by atoms with E-state index in [1.807, 2.05) is 4.98 Å². The van der Waals surface area contributed by atoms with Crippen molar-refractivity contribution in [2.45, 2.75) is 30.2 Å². The fourth-order valence-electron chi connectivity index (χ4n) is 2.09. The molecule has 1 aliphatic rings. The van der Waals surface area contributed by atoms with Crippen LogP contribution in [0.4, 0.5) is 0 Å². The SMILES string of the molecule is O=c1ccn([C@@H]2O[C@H](CCP(=O)(O)O)[C@@H](O)[C@H]2Cl)c(=O)[nH]1. The first-order chi connectivity index (χ1) is 9.69. The number of H-pyrrole nitrogens is 1. The lowest BCUT2D eigenvalue weighted by Crippen LogP contribution is -2.35. The summed E-state index contributed by atoms with van der Waals surface area (Å²) in [6.07, 6.45) is -2.53. The molecule has 0 aliphatic carbocycles. The van der Waals surface area contributed by atoms with Gasteiger partial charge in [0.2, 0.25) is 0 Å². The lowest BCUT2D eigenvalue weighted by atomic mass is 10.1. The lowest BCUT2D eigenvalue weighted by molar-refractivity contribution is -0.0216. The van der Waals surface area contributed by atoms with Gasteiger partial charge in [0.1, 0.15) is 11.5 Å². The van der Waals surface area contributed by atoms with Crippen LogP contribution in [0.1, 0.15) is 12.6 Å². The third-order valence-corrected chi connectivity index (χ3v) is 4.44. The van der Waals surface area contributed by atoms with Crippen molar-refractivity contribution < 1.29 is 24.2 Å². The van der Waals surface area contributed by atoms with E-state index in [-0.39, 0.29) is 6.42 Å². The van der Waals surface area contributed by atoms with Crippen LogP contribution in [0.3, 0.4) is 0 Å². The highest BCUT2D eigenvalue weighted by atomic mass is 35.5. The molecule has 0 saturated carbocycles. The second kappa shape index (κ2) is 6.04. The third-order valence-electron chi connectivity index (χ3n) is 3.12. The van der Waals surface area contributed by atoms with Gasteiger partial charge >= 0.3 is 13.3 Å². The zero-order valence-electron chi connectivity index (χ0n) is 10.6. The summed E-state index contributed by atoms with van der Waals surface area (Å²) in [6, 6.07) is 1.10. The van der Waals surface area contributed by atoms with E-state index in [1.54, 1.807) is 0 Å². The molecule has 1 saturated heterocycles. The maximum Gasteiger partial charge on any atom is 0.330 e. The second-order valence-corrected chi connectivity index (χ2v) is 6.98. The number of hydrogen-bond donors (Lipinski definition) is 4. The predicted octanol–water partition coefficient (Wildman–Crippen LogP) is -1.03. The highest BCUT2D eigenvalue weighted by molar-refractivity contribution is 7.51. The van der Waals surface area contributed by atoms with Crippen molar-refractivity contribution in [2.24, 2.45) is 0 Å². The predicted molar refractivity (Wildman–Crippen MR) is 72.4 cm³/mol. The molecule has 2 heterocycles. The van der Waals surface area contributed by atoms with Gasteiger partial charge in [0.25, 0.3) is 5.56 Å². The van der Waals surface area contributed by atoms with Gasteiger partial charge in [0.05, 0.1) is 12.3 Å². The molecule has 1 aromatic rings. The number of halogens is 1. The molecule has 1 aromatic heterocycles. The minimum Gasteiger partial charge on any atom is -0.389 e. The molecular weight excluding hydrogens is 327 g/mol. The highest BCUT2D eigenvalue weighted by Crippen LogP contribution is 2.39. The Morgan fingerprint density at radius 3 is 2.67 bits per heavy atom. The van der Waals surface area contributed by atoms with Crippen molar-refractivity contribution >= 4 is 19.2 Å². The Kier molecular flexibility index (Phi) is 4.72. The smallest absolute Gasteiger partial charge is 0.330 e. The van der Waals surface area contributed by atoms with Gasteiger partial charge in [-0.25, -0.2) is 4.79 Å². The van der Waals surface area contributed by atoms with Crippen molar-refractivity contribution in [3.8, 4) is 0 Å². The number of aromatic nitrogens is 2. The molecule has 0 radical (unpaired) electrons. The van der Waals surface area contributed by atoms with Crippen LogP contribution in [0.5, 0.6) is 0 Å². The van der Waals surface area contributed by atoms with E-state index in [2.05, 4.69) is 0 Å². The zero-order valence-corrected chi connectivity index (χ0v) is 12.3. The molecule has 1 aliphatic heterocycles. The average Bonchev–Trinajstić information content (AvgIpc) is 2.64. The van der Waals surface area contributed by atoms with Crippen molar-refractivity contribution in [2.75, 3.05) is 6.16 Å². The van der Waals surface area contributed by atoms with Crippen LogP contribution in [-0.2, 0) is 9.30 Å². The van der Waals surface area contributed by atoms with E-state index >= 15 is 0 Å². The van der Waals surface area contributed by atoms with Crippen LogP contribution < -0.4 is 11.2 Å². The number of nitrogens with zero attached hydrogens (tertiary/aromatic N) is 1. The van der Waals surface area contributed by atoms with E-state index in [0.717, 1.165) is 10.6 Å². The molecule has 4 N–H and O–H groups in total. The molecule has 4 atom stereocenters. The molecule has 21 heavy (non-hydrogen) atoms.